The molecule has 1 aromatic carbocycles. The van der Waals surface area contributed by atoms with Gasteiger partial charge in [-0.1, -0.05) is 23.2 Å². The zero-order chi connectivity index (χ0) is 25.9. The molecule has 0 saturated carbocycles. The van der Waals surface area contributed by atoms with E-state index in [1.165, 1.54) is 12.1 Å². The number of likely N-dealkylation sites (tertiary alicyclic amines) is 1. The molecule has 3 aliphatic heterocycles. The molecule has 0 aliphatic carbocycles. The Morgan fingerprint density at radius 3 is 2.76 bits per heavy atom. The van der Waals surface area contributed by atoms with Crippen LogP contribution < -0.4 is 14.9 Å². The highest BCUT2D eigenvalue weighted by atomic mass is 35.5. The van der Waals surface area contributed by atoms with Crippen LogP contribution in [0.2, 0.25) is 10.2 Å². The van der Waals surface area contributed by atoms with E-state index in [0.717, 1.165) is 56.5 Å². The first-order valence-corrected chi connectivity index (χ1v) is 15.0. The predicted octanol–water partition coefficient (Wildman–Crippen LogP) is 3.33. The number of piperidine rings is 1. The summed E-state index contributed by atoms with van der Waals surface area (Å²) in [7, 11) is -3.59. The number of fused-ring (bicyclic) bond motifs is 3. The SMILES string of the molecule is CS(=O)(=O)Nc1ccc(Cl)cc1C(=O)N1CCCCC1c1cc2nc(Cl)cc(N3CC4CC3CN4)n2n1. The number of anilines is 2. The van der Waals surface area contributed by atoms with Gasteiger partial charge in [-0.05, 0) is 43.9 Å². The zero-order valence-corrected chi connectivity index (χ0v) is 22.5. The number of nitrogens with zero attached hydrogens (tertiary/aromatic N) is 5. The third-order valence-electron chi connectivity index (χ3n) is 7.36. The minimum atomic E-state index is -3.59. The van der Waals surface area contributed by atoms with Crippen LogP contribution in [0.3, 0.4) is 0 Å². The summed E-state index contributed by atoms with van der Waals surface area (Å²) in [6, 6.07) is 8.86. The molecule has 3 atom stereocenters. The number of carbonyl (C=O) groups excluding carboxylic acids is 1. The van der Waals surface area contributed by atoms with Crippen LogP contribution >= 0.6 is 23.2 Å². The first kappa shape index (κ1) is 24.7. The molecule has 13 heteroatoms. The van der Waals surface area contributed by atoms with Gasteiger partial charge in [0, 0.05) is 48.9 Å². The molecule has 0 radical (unpaired) electrons. The summed E-state index contributed by atoms with van der Waals surface area (Å²) < 4.78 is 28.1. The highest BCUT2D eigenvalue weighted by Gasteiger charge is 2.39. The predicted molar refractivity (Wildman–Crippen MR) is 143 cm³/mol. The van der Waals surface area contributed by atoms with Crippen LogP contribution in [-0.2, 0) is 10.0 Å². The maximum atomic E-state index is 13.8. The van der Waals surface area contributed by atoms with Crippen LogP contribution in [0.5, 0.6) is 0 Å². The van der Waals surface area contributed by atoms with E-state index in [1.807, 2.05) is 16.6 Å². The Bertz CT molecular complexity index is 1490. The minimum Gasteiger partial charge on any atom is -0.351 e. The molecule has 196 valence electrons. The molecular weight excluding hydrogens is 537 g/mol. The topological polar surface area (TPSA) is 112 Å². The Kier molecular flexibility index (Phi) is 6.21. The van der Waals surface area contributed by atoms with Crippen LogP contribution in [0.1, 0.15) is 47.8 Å². The fourth-order valence-corrected chi connectivity index (χ4v) is 6.71. The molecule has 0 spiro atoms. The van der Waals surface area contributed by atoms with E-state index < -0.39 is 10.0 Å². The lowest BCUT2D eigenvalue weighted by Crippen LogP contribution is -2.44. The van der Waals surface area contributed by atoms with Crippen LogP contribution in [0.4, 0.5) is 11.5 Å². The van der Waals surface area contributed by atoms with Crippen molar-refractivity contribution in [2.45, 2.75) is 43.8 Å². The minimum absolute atomic E-state index is 0.199. The quantitative estimate of drug-likeness (QED) is 0.458. The van der Waals surface area contributed by atoms with Gasteiger partial charge in [0.2, 0.25) is 10.0 Å². The van der Waals surface area contributed by atoms with Gasteiger partial charge in [-0.2, -0.15) is 9.61 Å². The van der Waals surface area contributed by atoms with Crippen molar-refractivity contribution in [3.8, 4) is 0 Å². The van der Waals surface area contributed by atoms with Crippen molar-refractivity contribution in [3.05, 3.63) is 51.8 Å². The average molecular weight is 564 g/mol. The second kappa shape index (κ2) is 9.30. The van der Waals surface area contributed by atoms with Crippen LogP contribution in [-0.4, -0.2) is 71.8 Å². The first-order valence-electron chi connectivity index (χ1n) is 12.3. The molecule has 1 amide bonds. The van der Waals surface area contributed by atoms with Crippen molar-refractivity contribution in [1.82, 2.24) is 24.8 Å². The molecule has 2 bridgehead atoms. The van der Waals surface area contributed by atoms with Gasteiger partial charge in [-0.3, -0.25) is 9.52 Å². The van der Waals surface area contributed by atoms with E-state index >= 15 is 0 Å². The fourth-order valence-electron chi connectivity index (χ4n) is 5.77. The molecular formula is C24H27Cl2N7O3S. The van der Waals surface area contributed by atoms with Gasteiger partial charge in [0.25, 0.3) is 5.91 Å². The van der Waals surface area contributed by atoms with E-state index in [1.54, 1.807) is 11.0 Å². The van der Waals surface area contributed by atoms with Gasteiger partial charge in [0.1, 0.15) is 11.0 Å². The standard InChI is InChI=1S/C24H27Cl2N7O3S/c1-37(35,36)30-18-6-5-14(25)8-17(18)24(34)31-7-3-2-4-20(31)19-10-22-28-21(26)11-23(33(22)29-19)32-13-15-9-16(32)12-27-15/h5-6,8,10-11,15-16,20,27,30H,2-4,7,9,12-13H2,1H3. The molecule has 2 N–H and O–H groups in total. The van der Waals surface area contributed by atoms with Crippen molar-refractivity contribution in [2.24, 2.45) is 0 Å². The van der Waals surface area contributed by atoms with Crippen LogP contribution in [0, 0.1) is 0 Å². The van der Waals surface area contributed by atoms with Gasteiger partial charge in [-0.15, -0.1) is 0 Å². The zero-order valence-electron chi connectivity index (χ0n) is 20.2. The Morgan fingerprint density at radius 2 is 2.03 bits per heavy atom. The number of nitrogens with one attached hydrogen (secondary N) is 2. The molecule has 5 heterocycles. The summed E-state index contributed by atoms with van der Waals surface area (Å²) in [5, 5.41) is 9.20. The van der Waals surface area contributed by atoms with Crippen molar-refractivity contribution >= 4 is 56.3 Å². The smallest absolute Gasteiger partial charge is 0.256 e. The molecule has 37 heavy (non-hydrogen) atoms. The van der Waals surface area contributed by atoms with Crippen molar-refractivity contribution in [3.63, 3.8) is 0 Å². The number of amides is 1. The molecule has 2 aromatic heterocycles. The summed E-state index contributed by atoms with van der Waals surface area (Å²) in [6.07, 6.45) is 4.64. The summed E-state index contributed by atoms with van der Waals surface area (Å²) >= 11 is 12.6. The van der Waals surface area contributed by atoms with Gasteiger partial charge in [0.05, 0.1) is 29.2 Å². The van der Waals surface area contributed by atoms with Crippen molar-refractivity contribution < 1.29 is 13.2 Å². The van der Waals surface area contributed by atoms with E-state index in [2.05, 4.69) is 19.9 Å². The van der Waals surface area contributed by atoms with E-state index in [9.17, 15) is 13.2 Å². The number of piperazine rings is 1. The first-order chi connectivity index (χ1) is 17.7. The summed E-state index contributed by atoms with van der Waals surface area (Å²) in [5.41, 5.74) is 1.76. The summed E-state index contributed by atoms with van der Waals surface area (Å²) in [5.74, 6) is 0.600. The Morgan fingerprint density at radius 1 is 1.19 bits per heavy atom. The second-order valence-corrected chi connectivity index (χ2v) is 12.6. The number of rotatable bonds is 5. The third-order valence-corrected chi connectivity index (χ3v) is 8.38. The molecule has 3 unspecified atom stereocenters. The number of benzene rings is 1. The Labute approximate surface area is 225 Å². The Hall–Kier alpha value is -2.60. The van der Waals surface area contributed by atoms with Crippen LogP contribution in [0.15, 0.2) is 30.3 Å². The largest absolute Gasteiger partial charge is 0.351 e. The normalized spacial score (nSPS) is 23.7. The van der Waals surface area contributed by atoms with E-state index in [4.69, 9.17) is 28.3 Å². The lowest BCUT2D eigenvalue weighted by atomic mass is 9.98. The fraction of sp³-hybridized carbons (Fsp3) is 0.458. The lowest BCUT2D eigenvalue weighted by molar-refractivity contribution is 0.0607. The maximum Gasteiger partial charge on any atom is 0.256 e. The summed E-state index contributed by atoms with van der Waals surface area (Å²) in [4.78, 5) is 22.4. The third kappa shape index (κ3) is 4.73. The highest BCUT2D eigenvalue weighted by Crippen LogP contribution is 2.36. The molecule has 3 aromatic rings. The highest BCUT2D eigenvalue weighted by molar-refractivity contribution is 7.92. The van der Waals surface area contributed by atoms with Gasteiger partial charge >= 0.3 is 0 Å². The summed E-state index contributed by atoms with van der Waals surface area (Å²) in [6.45, 7) is 2.33. The number of sulfonamides is 1. The molecule has 10 nitrogen and oxygen atoms in total. The monoisotopic (exact) mass is 563 g/mol. The molecule has 3 fully saturated rings. The molecule has 6 rings (SSSR count). The van der Waals surface area contributed by atoms with E-state index in [-0.39, 0.29) is 23.2 Å². The van der Waals surface area contributed by atoms with Gasteiger partial charge in [-0.25, -0.2) is 13.4 Å². The molecule has 3 aliphatic rings. The molecule has 3 saturated heterocycles. The average Bonchev–Trinajstić information content (AvgIpc) is 3.59. The van der Waals surface area contributed by atoms with E-state index in [0.29, 0.717) is 34.5 Å². The number of halogens is 2. The van der Waals surface area contributed by atoms with Crippen molar-refractivity contribution in [1.29, 1.82) is 0 Å². The number of carbonyl (C=O) groups is 1. The van der Waals surface area contributed by atoms with Gasteiger partial charge < -0.3 is 15.1 Å². The van der Waals surface area contributed by atoms with Crippen LogP contribution in [0.25, 0.3) is 5.65 Å². The lowest BCUT2D eigenvalue weighted by Gasteiger charge is -2.35. The second-order valence-electron chi connectivity index (χ2n) is 10.00. The number of hydrogen-bond acceptors (Lipinski definition) is 7. The maximum absolute atomic E-state index is 13.8. The Balaban J connectivity index is 1.37. The number of aromatic nitrogens is 3. The van der Waals surface area contributed by atoms with Gasteiger partial charge in [0.15, 0.2) is 5.65 Å². The van der Waals surface area contributed by atoms with Crippen molar-refractivity contribution in [2.75, 3.05) is 35.5 Å². The number of hydrogen-bond donors (Lipinski definition) is 2.